The standard InChI is InChI=1S/C20H22FN3O2/c1-12-7-15(12)9-24-13(2)18(10-25)17-8-22-23-20(19(17)24)26-11-14-3-5-16(21)6-4-14/h3-6,8,12,15,25H,7,9-11H2,1-2H3/t12-,15?/m0/s1. The first-order valence-electron chi connectivity index (χ1n) is 8.90. The first-order chi connectivity index (χ1) is 12.6. The Kier molecular flexibility index (Phi) is 4.36. The Balaban J connectivity index is 1.70. The molecule has 26 heavy (non-hydrogen) atoms. The highest BCUT2D eigenvalue weighted by molar-refractivity contribution is 5.88. The van der Waals surface area contributed by atoms with Gasteiger partial charge in [0, 0.05) is 23.2 Å². The third-order valence-corrected chi connectivity index (χ3v) is 5.37. The van der Waals surface area contributed by atoms with Gasteiger partial charge in [-0.25, -0.2) is 4.39 Å². The quantitative estimate of drug-likeness (QED) is 0.734. The summed E-state index contributed by atoms with van der Waals surface area (Å²) in [7, 11) is 0. The Bertz CT molecular complexity index is 936. The topological polar surface area (TPSA) is 60.2 Å². The molecule has 0 bridgehead atoms. The molecule has 4 rings (SSSR count). The second-order valence-corrected chi connectivity index (χ2v) is 7.13. The lowest BCUT2D eigenvalue weighted by Gasteiger charge is -2.11. The Hall–Kier alpha value is -2.47. The Morgan fingerprint density at radius 1 is 1.31 bits per heavy atom. The first kappa shape index (κ1) is 17.0. The van der Waals surface area contributed by atoms with E-state index in [2.05, 4.69) is 21.7 Å². The summed E-state index contributed by atoms with van der Waals surface area (Å²) in [6.07, 6.45) is 2.91. The van der Waals surface area contributed by atoms with Crippen LogP contribution in [-0.4, -0.2) is 19.9 Å². The van der Waals surface area contributed by atoms with Gasteiger partial charge in [-0.05, 0) is 42.9 Å². The number of aliphatic hydroxyl groups is 1. The van der Waals surface area contributed by atoms with Crippen LogP contribution in [0.2, 0.25) is 0 Å². The molecule has 1 unspecified atom stereocenters. The number of fused-ring (bicyclic) bond motifs is 1. The van der Waals surface area contributed by atoms with Crippen LogP contribution in [0.15, 0.2) is 30.5 Å². The molecule has 1 aliphatic carbocycles. The fourth-order valence-electron chi connectivity index (χ4n) is 3.52. The first-order valence-corrected chi connectivity index (χ1v) is 8.90. The third kappa shape index (κ3) is 3.05. The lowest BCUT2D eigenvalue weighted by Crippen LogP contribution is -2.06. The number of aliphatic hydroxyl groups excluding tert-OH is 1. The summed E-state index contributed by atoms with van der Waals surface area (Å²) in [4.78, 5) is 0. The van der Waals surface area contributed by atoms with Gasteiger partial charge in [-0.2, -0.15) is 5.10 Å². The predicted molar refractivity (Wildman–Crippen MR) is 96.2 cm³/mol. The summed E-state index contributed by atoms with van der Waals surface area (Å²) in [5.41, 5.74) is 3.64. The van der Waals surface area contributed by atoms with Gasteiger partial charge in [-0.1, -0.05) is 19.1 Å². The summed E-state index contributed by atoms with van der Waals surface area (Å²) >= 11 is 0. The van der Waals surface area contributed by atoms with Crippen molar-refractivity contribution < 1.29 is 14.2 Å². The average molecular weight is 355 g/mol. The van der Waals surface area contributed by atoms with Gasteiger partial charge in [0.05, 0.1) is 12.8 Å². The van der Waals surface area contributed by atoms with Gasteiger partial charge in [0.15, 0.2) is 0 Å². The third-order valence-electron chi connectivity index (χ3n) is 5.37. The second-order valence-electron chi connectivity index (χ2n) is 7.13. The zero-order valence-corrected chi connectivity index (χ0v) is 14.9. The van der Waals surface area contributed by atoms with E-state index >= 15 is 0 Å². The molecule has 5 nitrogen and oxygen atoms in total. The van der Waals surface area contributed by atoms with Crippen molar-refractivity contribution in [2.45, 2.75) is 40.0 Å². The van der Waals surface area contributed by atoms with Crippen molar-refractivity contribution in [2.75, 3.05) is 0 Å². The van der Waals surface area contributed by atoms with E-state index in [1.54, 1.807) is 18.3 Å². The molecule has 1 aliphatic rings. The Morgan fingerprint density at radius 2 is 2.04 bits per heavy atom. The van der Waals surface area contributed by atoms with E-state index in [4.69, 9.17) is 4.74 Å². The van der Waals surface area contributed by atoms with Crippen molar-refractivity contribution in [1.82, 2.24) is 14.8 Å². The van der Waals surface area contributed by atoms with Crippen LogP contribution in [0.1, 0.15) is 30.2 Å². The number of hydrogen-bond donors (Lipinski definition) is 1. The summed E-state index contributed by atoms with van der Waals surface area (Å²) in [6.45, 7) is 5.40. The van der Waals surface area contributed by atoms with Crippen molar-refractivity contribution in [3.05, 3.63) is 53.1 Å². The maximum atomic E-state index is 13.1. The minimum absolute atomic E-state index is 0.0430. The fourth-order valence-corrected chi connectivity index (χ4v) is 3.52. The van der Waals surface area contributed by atoms with Crippen LogP contribution < -0.4 is 4.74 Å². The summed E-state index contributed by atoms with van der Waals surface area (Å²) < 4.78 is 21.2. The molecular weight excluding hydrogens is 333 g/mol. The predicted octanol–water partition coefficient (Wildman–Crippen LogP) is 3.61. The normalized spacial score (nSPS) is 19.1. The number of rotatable bonds is 6. The highest BCUT2D eigenvalue weighted by atomic mass is 19.1. The SMILES string of the molecule is Cc1c(CO)c2cnnc(OCc3ccc(F)cc3)c2n1CC1C[C@@H]1C. The number of aromatic nitrogens is 3. The molecule has 1 N–H and O–H groups in total. The molecule has 6 heteroatoms. The Labute approximate surface area is 151 Å². The summed E-state index contributed by atoms with van der Waals surface area (Å²) in [6, 6.07) is 6.21. The lowest BCUT2D eigenvalue weighted by atomic mass is 10.2. The Morgan fingerprint density at radius 3 is 2.69 bits per heavy atom. The molecule has 1 aromatic carbocycles. The zero-order chi connectivity index (χ0) is 18.3. The molecule has 0 radical (unpaired) electrons. The molecule has 1 fully saturated rings. The van der Waals surface area contributed by atoms with Gasteiger partial charge in [-0.3, -0.25) is 0 Å². The van der Waals surface area contributed by atoms with Gasteiger partial charge in [0.2, 0.25) is 0 Å². The summed E-state index contributed by atoms with van der Waals surface area (Å²) in [5, 5.41) is 18.9. The van der Waals surface area contributed by atoms with E-state index in [9.17, 15) is 9.50 Å². The number of hydrogen-bond acceptors (Lipinski definition) is 4. The molecule has 0 amide bonds. The smallest absolute Gasteiger partial charge is 0.258 e. The lowest BCUT2D eigenvalue weighted by molar-refractivity contribution is 0.282. The molecule has 2 atom stereocenters. The number of halogens is 1. The number of nitrogens with zero attached hydrogens (tertiary/aromatic N) is 3. The fraction of sp³-hybridized carbons (Fsp3) is 0.400. The van der Waals surface area contributed by atoms with Crippen molar-refractivity contribution in [3.8, 4) is 5.88 Å². The van der Waals surface area contributed by atoms with Crippen molar-refractivity contribution in [1.29, 1.82) is 0 Å². The van der Waals surface area contributed by atoms with E-state index in [1.807, 2.05) is 6.92 Å². The zero-order valence-electron chi connectivity index (χ0n) is 14.9. The number of benzene rings is 1. The van der Waals surface area contributed by atoms with Crippen LogP contribution in [0, 0.1) is 24.6 Å². The van der Waals surface area contributed by atoms with Gasteiger partial charge in [-0.15, -0.1) is 5.10 Å². The average Bonchev–Trinajstić information content (AvgIpc) is 3.27. The number of ether oxygens (including phenoxy) is 1. The molecule has 2 aromatic heterocycles. The molecular formula is C20H22FN3O2. The maximum Gasteiger partial charge on any atom is 0.258 e. The van der Waals surface area contributed by atoms with Crippen molar-refractivity contribution in [2.24, 2.45) is 11.8 Å². The van der Waals surface area contributed by atoms with Crippen LogP contribution in [0.4, 0.5) is 4.39 Å². The van der Waals surface area contributed by atoms with Gasteiger partial charge >= 0.3 is 0 Å². The van der Waals surface area contributed by atoms with E-state index in [1.165, 1.54) is 18.6 Å². The van der Waals surface area contributed by atoms with Gasteiger partial charge < -0.3 is 14.4 Å². The molecule has 3 aromatic rings. The molecule has 0 spiro atoms. The highest BCUT2D eigenvalue weighted by Gasteiger charge is 2.34. The molecule has 2 heterocycles. The van der Waals surface area contributed by atoms with E-state index in [0.29, 0.717) is 11.8 Å². The molecule has 1 saturated carbocycles. The van der Waals surface area contributed by atoms with Crippen molar-refractivity contribution in [3.63, 3.8) is 0 Å². The largest absolute Gasteiger partial charge is 0.470 e. The van der Waals surface area contributed by atoms with E-state index in [-0.39, 0.29) is 19.0 Å². The second kappa shape index (κ2) is 6.68. The highest BCUT2D eigenvalue weighted by Crippen LogP contribution is 2.41. The minimum atomic E-state index is -0.272. The van der Waals surface area contributed by atoms with Crippen LogP contribution in [0.3, 0.4) is 0 Å². The molecule has 136 valence electrons. The van der Waals surface area contributed by atoms with Crippen LogP contribution in [0.5, 0.6) is 5.88 Å². The maximum absolute atomic E-state index is 13.1. The van der Waals surface area contributed by atoms with E-state index in [0.717, 1.165) is 40.2 Å². The van der Waals surface area contributed by atoms with Gasteiger partial charge in [0.25, 0.3) is 5.88 Å². The van der Waals surface area contributed by atoms with E-state index < -0.39 is 0 Å². The van der Waals surface area contributed by atoms with Crippen LogP contribution in [0.25, 0.3) is 10.9 Å². The molecule has 0 aliphatic heterocycles. The molecule has 0 saturated heterocycles. The minimum Gasteiger partial charge on any atom is -0.470 e. The summed E-state index contributed by atoms with van der Waals surface area (Å²) in [5.74, 6) is 1.55. The van der Waals surface area contributed by atoms with Crippen LogP contribution in [-0.2, 0) is 19.8 Å². The van der Waals surface area contributed by atoms with Gasteiger partial charge in [0.1, 0.15) is 17.9 Å². The van der Waals surface area contributed by atoms with Crippen molar-refractivity contribution >= 4 is 10.9 Å². The van der Waals surface area contributed by atoms with Crippen LogP contribution >= 0.6 is 0 Å². The monoisotopic (exact) mass is 355 g/mol.